The summed E-state index contributed by atoms with van der Waals surface area (Å²) in [5.74, 6) is -1.24. The quantitative estimate of drug-likeness (QED) is 0.506. The summed E-state index contributed by atoms with van der Waals surface area (Å²) in [4.78, 5) is 23.5. The molecule has 1 saturated heterocycles. The second-order valence-corrected chi connectivity index (χ2v) is 5.10. The molecule has 0 aromatic heterocycles. The molecule has 2 rings (SSSR count). The van der Waals surface area contributed by atoms with Crippen LogP contribution in [0, 0.1) is 5.92 Å². The number of carbonyl (C=O) groups is 2. The maximum Gasteiger partial charge on any atom is 0.252 e. The van der Waals surface area contributed by atoms with Gasteiger partial charge in [0.25, 0.3) is 5.91 Å². The fourth-order valence-corrected chi connectivity index (χ4v) is 2.12. The molecule has 2 amide bonds. The van der Waals surface area contributed by atoms with Crippen LogP contribution in [-0.4, -0.2) is 24.1 Å². The Morgan fingerprint density at radius 3 is 2.75 bits per heavy atom. The maximum absolute atomic E-state index is 11.9. The van der Waals surface area contributed by atoms with E-state index in [9.17, 15) is 9.59 Å². The third-order valence-corrected chi connectivity index (χ3v) is 3.45. The molecule has 0 radical (unpaired) electrons. The number of hydrogen-bond acceptors (Lipinski definition) is 3. The number of carbonyl (C=O) groups excluding carboxylic acids is 2. The Labute approximate surface area is 122 Å². The number of amides is 2. The predicted molar refractivity (Wildman–Crippen MR) is 77.5 cm³/mol. The van der Waals surface area contributed by atoms with E-state index in [2.05, 4.69) is 15.8 Å². The highest BCUT2D eigenvalue weighted by atomic mass is 35.5. The zero-order chi connectivity index (χ0) is 14.5. The Morgan fingerprint density at radius 1 is 1.40 bits per heavy atom. The van der Waals surface area contributed by atoms with E-state index in [4.69, 9.17) is 11.6 Å². The van der Waals surface area contributed by atoms with Crippen LogP contribution in [0.3, 0.4) is 0 Å². The zero-order valence-electron chi connectivity index (χ0n) is 11.1. The molecule has 1 aromatic rings. The second-order valence-electron chi connectivity index (χ2n) is 4.67. The van der Waals surface area contributed by atoms with Gasteiger partial charge in [-0.1, -0.05) is 23.7 Å². The largest absolute Gasteiger partial charge is 0.355 e. The molecule has 0 unspecified atom stereocenters. The first-order valence-corrected chi connectivity index (χ1v) is 6.83. The number of rotatable bonds is 3. The van der Waals surface area contributed by atoms with Crippen molar-refractivity contribution in [1.82, 2.24) is 10.7 Å². The third kappa shape index (κ3) is 3.57. The van der Waals surface area contributed by atoms with Crippen LogP contribution in [0.4, 0.5) is 0 Å². The molecule has 1 fully saturated rings. The molecule has 5 nitrogen and oxygen atoms in total. The molecule has 20 heavy (non-hydrogen) atoms. The highest BCUT2D eigenvalue weighted by Crippen LogP contribution is 2.12. The van der Waals surface area contributed by atoms with Gasteiger partial charge >= 0.3 is 0 Å². The van der Waals surface area contributed by atoms with Crippen LogP contribution in [0.15, 0.2) is 29.4 Å². The van der Waals surface area contributed by atoms with Gasteiger partial charge < -0.3 is 5.32 Å². The zero-order valence-corrected chi connectivity index (χ0v) is 11.9. The van der Waals surface area contributed by atoms with E-state index >= 15 is 0 Å². The molecular weight excluding hydrogens is 278 g/mol. The van der Waals surface area contributed by atoms with Crippen LogP contribution >= 0.6 is 11.6 Å². The Hall–Kier alpha value is -1.88. The van der Waals surface area contributed by atoms with Crippen LogP contribution in [0.25, 0.3) is 0 Å². The van der Waals surface area contributed by atoms with E-state index in [0.29, 0.717) is 23.7 Å². The van der Waals surface area contributed by atoms with Crippen molar-refractivity contribution in [3.63, 3.8) is 0 Å². The average molecular weight is 294 g/mol. The number of benzene rings is 1. The van der Waals surface area contributed by atoms with Crippen LogP contribution in [0.2, 0.25) is 5.02 Å². The normalized spacial score (nSPS) is 19.4. The number of nitrogens with zero attached hydrogens (tertiary/aromatic N) is 1. The fraction of sp³-hybridized carbons (Fsp3) is 0.357. The Kier molecular flexibility index (Phi) is 4.74. The van der Waals surface area contributed by atoms with E-state index in [1.807, 2.05) is 12.1 Å². The monoisotopic (exact) mass is 293 g/mol. The molecule has 0 saturated carbocycles. The number of nitrogens with one attached hydrogen (secondary N) is 2. The van der Waals surface area contributed by atoms with Crippen LogP contribution in [0.1, 0.15) is 25.3 Å². The molecule has 1 aliphatic rings. The van der Waals surface area contributed by atoms with E-state index in [0.717, 1.165) is 12.0 Å². The highest BCUT2D eigenvalue weighted by Gasteiger charge is 2.28. The van der Waals surface area contributed by atoms with E-state index < -0.39 is 5.92 Å². The van der Waals surface area contributed by atoms with Crippen LogP contribution in [0.5, 0.6) is 0 Å². The van der Waals surface area contributed by atoms with Gasteiger partial charge in [-0.05, 0) is 37.5 Å². The topological polar surface area (TPSA) is 70.6 Å². The first-order valence-electron chi connectivity index (χ1n) is 6.45. The first-order chi connectivity index (χ1) is 9.58. The van der Waals surface area contributed by atoms with E-state index in [1.54, 1.807) is 19.1 Å². The number of hydrazone groups is 1. The minimum Gasteiger partial charge on any atom is -0.355 e. The van der Waals surface area contributed by atoms with Gasteiger partial charge in [0.15, 0.2) is 0 Å². The molecule has 1 atom stereocenters. The first kappa shape index (κ1) is 14.5. The van der Waals surface area contributed by atoms with Crippen molar-refractivity contribution in [3.8, 4) is 0 Å². The predicted octanol–water partition coefficient (Wildman–Crippen LogP) is 1.71. The van der Waals surface area contributed by atoms with Gasteiger partial charge in [-0.2, -0.15) is 5.10 Å². The van der Waals surface area contributed by atoms with Crippen molar-refractivity contribution < 1.29 is 9.59 Å². The van der Waals surface area contributed by atoms with Crippen LogP contribution < -0.4 is 10.7 Å². The lowest BCUT2D eigenvalue weighted by Gasteiger charge is -2.19. The van der Waals surface area contributed by atoms with Crippen LogP contribution in [-0.2, 0) is 9.59 Å². The Bertz CT molecular complexity index is 540. The standard InChI is InChI=1S/C14H16ClN3O2/c1-9(10-4-6-11(15)7-5-10)17-18-14(20)12-3-2-8-16-13(12)19/h4-7,12H,2-3,8H2,1H3,(H,16,19)(H,18,20)/b17-9-/t12-/m1/s1. The van der Waals surface area contributed by atoms with Crippen molar-refractivity contribution in [3.05, 3.63) is 34.9 Å². The molecule has 106 valence electrons. The lowest BCUT2D eigenvalue weighted by atomic mass is 9.98. The van der Waals surface area contributed by atoms with Crippen molar-refractivity contribution in [1.29, 1.82) is 0 Å². The van der Waals surface area contributed by atoms with Gasteiger partial charge in [-0.25, -0.2) is 5.43 Å². The van der Waals surface area contributed by atoms with E-state index in [-0.39, 0.29) is 11.8 Å². The second kappa shape index (κ2) is 6.52. The SMILES string of the molecule is C/C(=N/NC(=O)[C@@H]1CCCNC1=O)c1ccc(Cl)cc1. The number of piperidine rings is 1. The average Bonchev–Trinajstić information content (AvgIpc) is 2.45. The van der Waals surface area contributed by atoms with Gasteiger partial charge in [0.1, 0.15) is 5.92 Å². The summed E-state index contributed by atoms with van der Waals surface area (Å²) in [5.41, 5.74) is 3.97. The molecule has 1 heterocycles. The maximum atomic E-state index is 11.9. The summed E-state index contributed by atoms with van der Waals surface area (Å²) < 4.78 is 0. The van der Waals surface area contributed by atoms with Gasteiger partial charge in [0, 0.05) is 11.6 Å². The van der Waals surface area contributed by atoms with Gasteiger partial charge in [-0.15, -0.1) is 0 Å². The third-order valence-electron chi connectivity index (χ3n) is 3.20. The highest BCUT2D eigenvalue weighted by molar-refractivity contribution is 6.30. The summed E-state index contributed by atoms with van der Waals surface area (Å²) in [6, 6.07) is 7.15. The summed E-state index contributed by atoms with van der Waals surface area (Å²) >= 11 is 5.81. The smallest absolute Gasteiger partial charge is 0.252 e. The summed E-state index contributed by atoms with van der Waals surface area (Å²) in [6.45, 7) is 2.42. The van der Waals surface area contributed by atoms with Gasteiger partial charge in [0.05, 0.1) is 5.71 Å². The van der Waals surface area contributed by atoms with Crippen molar-refractivity contribution in [2.45, 2.75) is 19.8 Å². The molecule has 0 bridgehead atoms. The van der Waals surface area contributed by atoms with Crippen molar-refractivity contribution in [2.75, 3.05) is 6.54 Å². The number of halogens is 1. The van der Waals surface area contributed by atoms with Crippen molar-refractivity contribution >= 4 is 29.1 Å². The van der Waals surface area contributed by atoms with Crippen molar-refractivity contribution in [2.24, 2.45) is 11.0 Å². The lowest BCUT2D eigenvalue weighted by Crippen LogP contribution is -2.44. The summed E-state index contributed by atoms with van der Waals surface area (Å²) in [6.07, 6.45) is 1.37. The molecule has 1 aromatic carbocycles. The Balaban J connectivity index is 1.99. The Morgan fingerprint density at radius 2 is 2.10 bits per heavy atom. The molecule has 6 heteroatoms. The fourth-order valence-electron chi connectivity index (χ4n) is 1.99. The molecule has 1 aliphatic heterocycles. The lowest BCUT2D eigenvalue weighted by molar-refractivity contribution is -0.136. The van der Waals surface area contributed by atoms with Gasteiger partial charge in [0.2, 0.25) is 5.91 Å². The van der Waals surface area contributed by atoms with Gasteiger partial charge in [-0.3, -0.25) is 9.59 Å². The minimum absolute atomic E-state index is 0.229. The number of hydrogen-bond donors (Lipinski definition) is 2. The minimum atomic E-state index is -0.648. The summed E-state index contributed by atoms with van der Waals surface area (Å²) in [7, 11) is 0. The van der Waals surface area contributed by atoms with E-state index in [1.165, 1.54) is 0 Å². The molecule has 0 spiro atoms. The summed E-state index contributed by atoms with van der Waals surface area (Å²) in [5, 5.41) is 7.35. The molecule has 0 aliphatic carbocycles. The molecule has 2 N–H and O–H groups in total. The molecular formula is C14H16ClN3O2.